The Morgan fingerprint density at radius 3 is 2.69 bits per heavy atom. The van der Waals surface area contributed by atoms with Gasteiger partial charge in [0.15, 0.2) is 0 Å². The molecule has 1 saturated carbocycles. The number of nitrogens with one attached hydrogen (secondary N) is 2. The molecular formula is C28H32FN3O3. The number of fused-ring (bicyclic) bond motifs is 1. The molecule has 2 heterocycles. The zero-order valence-corrected chi connectivity index (χ0v) is 20.3. The molecule has 1 aliphatic carbocycles. The van der Waals surface area contributed by atoms with E-state index in [1.807, 2.05) is 32.0 Å². The molecule has 6 nitrogen and oxygen atoms in total. The van der Waals surface area contributed by atoms with Gasteiger partial charge in [-0.25, -0.2) is 4.39 Å². The number of hydrogen-bond donors (Lipinski definition) is 2. The van der Waals surface area contributed by atoms with Gasteiger partial charge in [-0.05, 0) is 82.2 Å². The van der Waals surface area contributed by atoms with Gasteiger partial charge in [0.25, 0.3) is 0 Å². The summed E-state index contributed by atoms with van der Waals surface area (Å²) < 4.78 is 26.5. The molecule has 0 bridgehead atoms. The van der Waals surface area contributed by atoms with E-state index in [2.05, 4.69) is 21.6 Å². The highest BCUT2D eigenvalue weighted by Gasteiger charge is 2.26. The van der Waals surface area contributed by atoms with Gasteiger partial charge in [0.1, 0.15) is 23.4 Å². The second-order valence-corrected chi connectivity index (χ2v) is 9.68. The number of ether oxygens (including phenoxy) is 2. The fourth-order valence-corrected chi connectivity index (χ4v) is 5.18. The first-order valence-electron chi connectivity index (χ1n) is 12.5. The van der Waals surface area contributed by atoms with E-state index in [9.17, 15) is 9.18 Å². The van der Waals surface area contributed by atoms with Gasteiger partial charge in [-0.15, -0.1) is 0 Å². The monoisotopic (exact) mass is 477 g/mol. The van der Waals surface area contributed by atoms with Crippen LogP contribution in [0.4, 0.5) is 4.39 Å². The Labute approximate surface area is 205 Å². The molecule has 3 aromatic rings. The Morgan fingerprint density at radius 2 is 1.94 bits per heavy atom. The maximum absolute atomic E-state index is 14.2. The fourth-order valence-electron chi connectivity index (χ4n) is 5.18. The number of nitrogens with zero attached hydrogens (tertiary/aromatic N) is 1. The molecule has 0 saturated heterocycles. The first-order chi connectivity index (χ1) is 17.0. The van der Waals surface area contributed by atoms with Crippen molar-refractivity contribution in [3.63, 3.8) is 0 Å². The molecule has 1 aromatic heterocycles. The number of benzene rings is 2. The number of amides is 1. The Morgan fingerprint density at radius 1 is 1.14 bits per heavy atom. The molecule has 0 spiro atoms. The molecular weight excluding hydrogens is 445 g/mol. The van der Waals surface area contributed by atoms with Crippen molar-refractivity contribution in [1.29, 1.82) is 0 Å². The molecule has 1 fully saturated rings. The van der Waals surface area contributed by atoms with Gasteiger partial charge in [0.2, 0.25) is 5.91 Å². The van der Waals surface area contributed by atoms with Crippen LogP contribution in [0, 0.1) is 19.7 Å². The maximum Gasteiger partial charge on any atom is 0.224 e. The highest BCUT2D eigenvalue weighted by molar-refractivity contribution is 5.79. The zero-order chi connectivity index (χ0) is 24.4. The standard InChI is InChI=1S/C28H32FN3O3/c1-17-24(18(2)32-31-17)16-28(33)30-20-8-10-21(11-9-20)34-22-12-14-26-19(15-22)7-13-27(35-26)23-5-3-4-6-25(23)29/h3-6,12,14-15,20-21,27H,7-11,13,16H2,1-2H3,(H,30,33)(H,31,32). The van der Waals surface area contributed by atoms with Crippen LogP contribution in [0.1, 0.15) is 66.3 Å². The summed E-state index contributed by atoms with van der Waals surface area (Å²) in [5.41, 5.74) is 4.52. The van der Waals surface area contributed by atoms with Crippen LogP contribution in [0.25, 0.3) is 0 Å². The topological polar surface area (TPSA) is 76.2 Å². The number of carbonyl (C=O) groups is 1. The number of aryl methyl sites for hydroxylation is 3. The van der Waals surface area contributed by atoms with Crippen LogP contribution in [-0.2, 0) is 17.6 Å². The van der Waals surface area contributed by atoms with Crippen molar-refractivity contribution in [3.8, 4) is 11.5 Å². The molecule has 1 aliphatic heterocycles. The summed E-state index contributed by atoms with van der Waals surface area (Å²) in [6.45, 7) is 3.86. The summed E-state index contributed by atoms with van der Waals surface area (Å²) in [6, 6.07) is 12.9. The quantitative estimate of drug-likeness (QED) is 0.506. The number of carbonyl (C=O) groups excluding carboxylic acids is 1. The van der Waals surface area contributed by atoms with E-state index in [1.54, 1.807) is 12.1 Å². The summed E-state index contributed by atoms with van der Waals surface area (Å²) in [6.07, 6.45) is 5.39. The van der Waals surface area contributed by atoms with E-state index in [0.29, 0.717) is 12.0 Å². The van der Waals surface area contributed by atoms with Crippen LogP contribution in [-0.4, -0.2) is 28.3 Å². The third-order valence-electron chi connectivity index (χ3n) is 7.19. The largest absolute Gasteiger partial charge is 0.490 e. The normalized spacial score (nSPS) is 21.6. The maximum atomic E-state index is 14.2. The Balaban J connectivity index is 1.11. The van der Waals surface area contributed by atoms with Crippen molar-refractivity contribution in [2.75, 3.05) is 0 Å². The molecule has 5 rings (SSSR count). The van der Waals surface area contributed by atoms with E-state index < -0.39 is 0 Å². The van der Waals surface area contributed by atoms with E-state index in [-0.39, 0.29) is 30.0 Å². The number of halogens is 1. The first-order valence-corrected chi connectivity index (χ1v) is 12.5. The Kier molecular flexibility index (Phi) is 6.75. The Bertz CT molecular complexity index is 1180. The number of aromatic amines is 1. The number of hydrogen-bond acceptors (Lipinski definition) is 4. The molecule has 2 N–H and O–H groups in total. The Hall–Kier alpha value is -3.35. The lowest BCUT2D eigenvalue weighted by Crippen LogP contribution is -2.40. The minimum absolute atomic E-state index is 0.0466. The minimum Gasteiger partial charge on any atom is -0.490 e. The molecule has 2 aromatic carbocycles. The van der Waals surface area contributed by atoms with Crippen LogP contribution < -0.4 is 14.8 Å². The van der Waals surface area contributed by atoms with E-state index in [1.165, 1.54) is 6.07 Å². The number of rotatable bonds is 6. The van der Waals surface area contributed by atoms with Gasteiger partial charge in [-0.1, -0.05) is 18.2 Å². The predicted molar refractivity (Wildman–Crippen MR) is 131 cm³/mol. The summed E-state index contributed by atoms with van der Waals surface area (Å²) >= 11 is 0. The fraction of sp³-hybridized carbons (Fsp3) is 0.429. The third-order valence-corrected chi connectivity index (χ3v) is 7.19. The van der Waals surface area contributed by atoms with E-state index in [0.717, 1.165) is 72.5 Å². The number of H-pyrrole nitrogens is 1. The van der Waals surface area contributed by atoms with Gasteiger partial charge in [-0.3, -0.25) is 9.89 Å². The summed E-state index contributed by atoms with van der Waals surface area (Å²) in [4.78, 5) is 12.5. The third kappa shape index (κ3) is 5.34. The highest BCUT2D eigenvalue weighted by Crippen LogP contribution is 2.38. The molecule has 1 amide bonds. The second kappa shape index (κ2) is 10.1. The second-order valence-electron chi connectivity index (χ2n) is 9.68. The lowest BCUT2D eigenvalue weighted by molar-refractivity contribution is -0.121. The molecule has 7 heteroatoms. The van der Waals surface area contributed by atoms with Gasteiger partial charge < -0.3 is 14.8 Å². The van der Waals surface area contributed by atoms with E-state index in [4.69, 9.17) is 9.47 Å². The van der Waals surface area contributed by atoms with Gasteiger partial charge in [-0.2, -0.15) is 5.10 Å². The van der Waals surface area contributed by atoms with Crippen molar-refractivity contribution in [1.82, 2.24) is 15.5 Å². The van der Waals surface area contributed by atoms with Crippen LogP contribution in [0.2, 0.25) is 0 Å². The molecule has 1 atom stereocenters. The van der Waals surface area contributed by atoms with Crippen molar-refractivity contribution in [3.05, 3.63) is 76.4 Å². The van der Waals surface area contributed by atoms with Crippen LogP contribution in [0.3, 0.4) is 0 Å². The highest BCUT2D eigenvalue weighted by atomic mass is 19.1. The lowest BCUT2D eigenvalue weighted by atomic mass is 9.92. The average molecular weight is 478 g/mol. The molecule has 184 valence electrons. The summed E-state index contributed by atoms with van der Waals surface area (Å²) in [7, 11) is 0. The predicted octanol–water partition coefficient (Wildman–Crippen LogP) is 5.28. The molecule has 1 unspecified atom stereocenters. The van der Waals surface area contributed by atoms with Crippen molar-refractivity contribution in [2.45, 2.75) is 77.0 Å². The van der Waals surface area contributed by atoms with Crippen molar-refractivity contribution < 1.29 is 18.7 Å². The van der Waals surface area contributed by atoms with Crippen molar-refractivity contribution >= 4 is 5.91 Å². The zero-order valence-electron chi connectivity index (χ0n) is 20.3. The molecule has 2 aliphatic rings. The van der Waals surface area contributed by atoms with Crippen LogP contribution in [0.15, 0.2) is 42.5 Å². The average Bonchev–Trinajstić information content (AvgIpc) is 3.17. The molecule has 35 heavy (non-hydrogen) atoms. The number of aromatic nitrogens is 2. The summed E-state index contributed by atoms with van der Waals surface area (Å²) in [5, 5.41) is 10.3. The lowest BCUT2D eigenvalue weighted by Gasteiger charge is -2.30. The van der Waals surface area contributed by atoms with Crippen LogP contribution in [0.5, 0.6) is 11.5 Å². The van der Waals surface area contributed by atoms with Gasteiger partial charge in [0.05, 0.1) is 18.2 Å². The first kappa shape index (κ1) is 23.4. The molecule has 0 radical (unpaired) electrons. The minimum atomic E-state index is -0.262. The van der Waals surface area contributed by atoms with Crippen LogP contribution >= 0.6 is 0 Å². The smallest absolute Gasteiger partial charge is 0.224 e. The summed E-state index contributed by atoms with van der Waals surface area (Å²) in [5.74, 6) is 1.46. The van der Waals surface area contributed by atoms with Gasteiger partial charge >= 0.3 is 0 Å². The SMILES string of the molecule is Cc1n[nH]c(C)c1CC(=O)NC1CCC(Oc2ccc3c(c2)CCC(c2ccccc2F)O3)CC1. The van der Waals surface area contributed by atoms with Crippen molar-refractivity contribution in [2.24, 2.45) is 0 Å². The van der Waals surface area contributed by atoms with Gasteiger partial charge in [0, 0.05) is 22.9 Å². The van der Waals surface area contributed by atoms with E-state index >= 15 is 0 Å².